The highest BCUT2D eigenvalue weighted by Crippen LogP contribution is 2.24. The van der Waals surface area contributed by atoms with E-state index in [-0.39, 0.29) is 11.7 Å². The van der Waals surface area contributed by atoms with Gasteiger partial charge in [0.05, 0.1) is 5.69 Å². The van der Waals surface area contributed by atoms with Crippen molar-refractivity contribution in [2.24, 2.45) is 0 Å². The predicted molar refractivity (Wildman–Crippen MR) is 107 cm³/mol. The third-order valence-electron chi connectivity index (χ3n) is 4.34. The summed E-state index contributed by atoms with van der Waals surface area (Å²) < 4.78 is 13.3. The SMILES string of the molecule is Cc1ccc(-c2nc(CCNC(=O)c3cc4cc(F)ccc4[nH]3)cs2)cc1. The van der Waals surface area contributed by atoms with Gasteiger partial charge in [0, 0.05) is 34.8 Å². The van der Waals surface area contributed by atoms with Crippen LogP contribution in [0.1, 0.15) is 21.7 Å². The number of rotatable bonds is 5. The van der Waals surface area contributed by atoms with Crippen LogP contribution in [0.4, 0.5) is 4.39 Å². The van der Waals surface area contributed by atoms with Crippen molar-refractivity contribution in [1.29, 1.82) is 0 Å². The number of aromatic amines is 1. The van der Waals surface area contributed by atoms with Crippen LogP contribution in [0.15, 0.2) is 53.9 Å². The summed E-state index contributed by atoms with van der Waals surface area (Å²) in [5, 5.41) is 6.56. The molecule has 0 spiro atoms. The zero-order chi connectivity index (χ0) is 18.8. The minimum absolute atomic E-state index is 0.208. The molecule has 0 saturated heterocycles. The van der Waals surface area contributed by atoms with Crippen LogP contribution in [0.25, 0.3) is 21.5 Å². The molecule has 2 aromatic heterocycles. The highest BCUT2D eigenvalue weighted by atomic mass is 32.1. The van der Waals surface area contributed by atoms with E-state index in [0.29, 0.717) is 24.0 Å². The molecular formula is C21H18FN3OS. The predicted octanol–water partition coefficient (Wildman–Crippen LogP) is 4.71. The Morgan fingerprint density at radius 3 is 2.81 bits per heavy atom. The summed E-state index contributed by atoms with van der Waals surface area (Å²) in [7, 11) is 0. The molecule has 0 bridgehead atoms. The van der Waals surface area contributed by atoms with Crippen LogP contribution >= 0.6 is 11.3 Å². The monoisotopic (exact) mass is 379 g/mol. The van der Waals surface area contributed by atoms with Gasteiger partial charge in [0.25, 0.3) is 5.91 Å². The van der Waals surface area contributed by atoms with Crippen LogP contribution in [0.5, 0.6) is 0 Å². The Balaban J connectivity index is 1.36. The number of thiazole rings is 1. The van der Waals surface area contributed by atoms with Gasteiger partial charge in [-0.1, -0.05) is 29.8 Å². The molecular weight excluding hydrogens is 361 g/mol. The molecule has 0 aliphatic heterocycles. The lowest BCUT2D eigenvalue weighted by atomic mass is 10.2. The number of carbonyl (C=O) groups excluding carboxylic acids is 1. The third kappa shape index (κ3) is 3.90. The average Bonchev–Trinajstić information content (AvgIpc) is 3.29. The number of H-pyrrole nitrogens is 1. The van der Waals surface area contributed by atoms with Crippen molar-refractivity contribution in [2.75, 3.05) is 6.54 Å². The number of carbonyl (C=O) groups is 1. The summed E-state index contributed by atoms with van der Waals surface area (Å²) in [6.45, 7) is 2.54. The lowest BCUT2D eigenvalue weighted by Gasteiger charge is -2.02. The highest BCUT2D eigenvalue weighted by molar-refractivity contribution is 7.13. The fraction of sp³-hybridized carbons (Fsp3) is 0.143. The summed E-state index contributed by atoms with van der Waals surface area (Å²) in [5.74, 6) is -0.526. The fourth-order valence-corrected chi connectivity index (χ4v) is 3.74. The molecule has 0 unspecified atom stereocenters. The molecule has 0 radical (unpaired) electrons. The first kappa shape index (κ1) is 17.4. The van der Waals surface area contributed by atoms with E-state index in [4.69, 9.17) is 0 Å². The minimum atomic E-state index is -0.318. The number of nitrogens with one attached hydrogen (secondary N) is 2. The molecule has 4 aromatic rings. The third-order valence-corrected chi connectivity index (χ3v) is 5.28. The first-order valence-corrected chi connectivity index (χ1v) is 9.54. The second kappa shape index (κ2) is 7.32. The Morgan fingerprint density at radius 2 is 2.00 bits per heavy atom. The number of hydrogen-bond acceptors (Lipinski definition) is 3. The normalized spacial score (nSPS) is 11.0. The molecule has 1 amide bonds. The number of nitrogens with zero attached hydrogens (tertiary/aromatic N) is 1. The molecule has 4 rings (SSSR count). The molecule has 2 heterocycles. The summed E-state index contributed by atoms with van der Waals surface area (Å²) in [4.78, 5) is 19.9. The molecule has 0 aliphatic carbocycles. The molecule has 0 aliphatic rings. The number of hydrogen-bond donors (Lipinski definition) is 2. The molecule has 27 heavy (non-hydrogen) atoms. The van der Waals surface area contributed by atoms with Crippen molar-refractivity contribution in [2.45, 2.75) is 13.3 Å². The maximum atomic E-state index is 13.3. The lowest BCUT2D eigenvalue weighted by molar-refractivity contribution is 0.0950. The van der Waals surface area contributed by atoms with E-state index in [2.05, 4.69) is 46.5 Å². The molecule has 6 heteroatoms. The lowest BCUT2D eigenvalue weighted by Crippen LogP contribution is -2.26. The molecule has 0 fully saturated rings. The zero-order valence-corrected chi connectivity index (χ0v) is 15.6. The first-order valence-electron chi connectivity index (χ1n) is 8.66. The molecule has 4 nitrogen and oxygen atoms in total. The van der Waals surface area contributed by atoms with Crippen LogP contribution in [0.3, 0.4) is 0 Å². The van der Waals surface area contributed by atoms with Crippen LogP contribution < -0.4 is 5.32 Å². The topological polar surface area (TPSA) is 57.8 Å². The van der Waals surface area contributed by atoms with Gasteiger partial charge in [0.2, 0.25) is 0 Å². The number of aryl methyl sites for hydroxylation is 1. The van der Waals surface area contributed by atoms with Gasteiger partial charge < -0.3 is 10.3 Å². The summed E-state index contributed by atoms with van der Waals surface area (Å²) in [6.07, 6.45) is 0.656. The second-order valence-electron chi connectivity index (χ2n) is 6.43. The molecule has 136 valence electrons. The number of halogens is 1. The Morgan fingerprint density at radius 1 is 1.19 bits per heavy atom. The largest absolute Gasteiger partial charge is 0.351 e. The molecule has 2 N–H and O–H groups in total. The molecule has 2 aromatic carbocycles. The molecule has 0 atom stereocenters. The number of amides is 1. The van der Waals surface area contributed by atoms with E-state index >= 15 is 0 Å². The summed E-state index contributed by atoms with van der Waals surface area (Å²) in [5.41, 5.74) is 4.44. The Kier molecular flexibility index (Phi) is 4.73. The van der Waals surface area contributed by atoms with Gasteiger partial charge in [-0.2, -0.15) is 0 Å². The van der Waals surface area contributed by atoms with Crippen LogP contribution in [0.2, 0.25) is 0 Å². The van der Waals surface area contributed by atoms with Crippen molar-refractivity contribution in [3.05, 3.63) is 76.7 Å². The van der Waals surface area contributed by atoms with E-state index in [9.17, 15) is 9.18 Å². The standard InChI is InChI=1S/C21H18FN3OS/c1-13-2-4-14(5-3-13)21-24-17(12-27-21)8-9-23-20(26)19-11-15-10-16(22)6-7-18(15)25-19/h2-7,10-12,25H,8-9H2,1H3,(H,23,26). The van der Waals surface area contributed by atoms with Gasteiger partial charge in [-0.3, -0.25) is 4.79 Å². The van der Waals surface area contributed by atoms with Gasteiger partial charge in [0.1, 0.15) is 16.5 Å². The summed E-state index contributed by atoms with van der Waals surface area (Å²) in [6, 6.07) is 14.3. The minimum Gasteiger partial charge on any atom is -0.351 e. The number of fused-ring (bicyclic) bond motifs is 1. The zero-order valence-electron chi connectivity index (χ0n) is 14.8. The van der Waals surface area contributed by atoms with Crippen molar-refractivity contribution in [3.63, 3.8) is 0 Å². The van der Waals surface area contributed by atoms with Crippen molar-refractivity contribution >= 4 is 28.1 Å². The number of aromatic nitrogens is 2. The van der Waals surface area contributed by atoms with Gasteiger partial charge in [-0.15, -0.1) is 11.3 Å². The van der Waals surface area contributed by atoms with E-state index < -0.39 is 0 Å². The highest BCUT2D eigenvalue weighted by Gasteiger charge is 2.10. The van der Waals surface area contributed by atoms with Crippen molar-refractivity contribution in [3.8, 4) is 10.6 Å². The van der Waals surface area contributed by atoms with E-state index in [1.54, 1.807) is 23.5 Å². The van der Waals surface area contributed by atoms with E-state index in [1.807, 2.05) is 5.38 Å². The van der Waals surface area contributed by atoms with Gasteiger partial charge in [0.15, 0.2) is 0 Å². The average molecular weight is 379 g/mol. The second-order valence-corrected chi connectivity index (χ2v) is 7.29. The maximum absolute atomic E-state index is 13.3. The maximum Gasteiger partial charge on any atom is 0.267 e. The van der Waals surface area contributed by atoms with Crippen molar-refractivity contribution in [1.82, 2.24) is 15.3 Å². The van der Waals surface area contributed by atoms with Gasteiger partial charge in [-0.05, 0) is 31.2 Å². The van der Waals surface area contributed by atoms with E-state index in [1.165, 1.54) is 17.7 Å². The van der Waals surface area contributed by atoms with Crippen molar-refractivity contribution < 1.29 is 9.18 Å². The smallest absolute Gasteiger partial charge is 0.267 e. The van der Waals surface area contributed by atoms with Crippen LogP contribution in [0, 0.1) is 12.7 Å². The molecule has 0 saturated carbocycles. The Hall–Kier alpha value is -2.99. The van der Waals surface area contributed by atoms with Crippen LogP contribution in [-0.4, -0.2) is 22.4 Å². The Bertz CT molecular complexity index is 1100. The fourth-order valence-electron chi connectivity index (χ4n) is 2.88. The van der Waals surface area contributed by atoms with E-state index in [0.717, 1.165) is 21.8 Å². The number of benzene rings is 2. The quantitative estimate of drug-likeness (QED) is 0.527. The first-order chi connectivity index (χ1) is 13.1. The summed E-state index contributed by atoms with van der Waals surface area (Å²) >= 11 is 1.60. The Labute approximate surface area is 160 Å². The van der Waals surface area contributed by atoms with Crippen LogP contribution in [-0.2, 0) is 6.42 Å². The van der Waals surface area contributed by atoms with Gasteiger partial charge in [-0.25, -0.2) is 9.37 Å². The van der Waals surface area contributed by atoms with Gasteiger partial charge >= 0.3 is 0 Å².